The number of rotatable bonds is 6. The molecular formula is C17H22N2O. The Labute approximate surface area is 120 Å². The first-order chi connectivity index (χ1) is 9.72. The molecule has 1 aliphatic rings. The largest absolute Gasteiger partial charge is 0.493 e. The van der Waals surface area contributed by atoms with Crippen molar-refractivity contribution in [3.05, 3.63) is 36.0 Å². The van der Waals surface area contributed by atoms with Crippen molar-refractivity contribution in [3.8, 4) is 5.75 Å². The summed E-state index contributed by atoms with van der Waals surface area (Å²) in [5, 5.41) is 4.53. The van der Waals surface area contributed by atoms with E-state index < -0.39 is 0 Å². The van der Waals surface area contributed by atoms with Crippen molar-refractivity contribution in [1.29, 1.82) is 0 Å². The zero-order chi connectivity index (χ0) is 13.9. The number of hydrogen-bond donors (Lipinski definition) is 1. The highest BCUT2D eigenvalue weighted by Crippen LogP contribution is 2.31. The average Bonchev–Trinajstić information content (AvgIpc) is 3.26. The maximum atomic E-state index is 6.02. The molecule has 1 N–H and O–H groups in total. The normalized spacial score (nSPS) is 14.9. The molecular weight excluding hydrogens is 248 g/mol. The fourth-order valence-corrected chi connectivity index (χ4v) is 2.21. The van der Waals surface area contributed by atoms with Gasteiger partial charge in [0.15, 0.2) is 0 Å². The van der Waals surface area contributed by atoms with Crippen molar-refractivity contribution in [2.24, 2.45) is 5.92 Å². The van der Waals surface area contributed by atoms with Gasteiger partial charge < -0.3 is 10.1 Å². The first-order valence-corrected chi connectivity index (χ1v) is 7.47. The summed E-state index contributed by atoms with van der Waals surface area (Å²) in [6, 6.07) is 10.8. The lowest BCUT2D eigenvalue weighted by molar-refractivity contribution is 0.302. The molecule has 0 aliphatic heterocycles. The quantitative estimate of drug-likeness (QED) is 0.872. The number of aromatic nitrogens is 1. The van der Waals surface area contributed by atoms with Crippen molar-refractivity contribution in [2.45, 2.75) is 39.3 Å². The fraction of sp³-hybridized carbons (Fsp3) is 0.471. The second kappa shape index (κ2) is 5.80. The molecule has 0 amide bonds. The van der Waals surface area contributed by atoms with Crippen LogP contribution in [0.2, 0.25) is 0 Å². The van der Waals surface area contributed by atoms with E-state index in [9.17, 15) is 0 Å². The Hall–Kier alpha value is -1.61. The summed E-state index contributed by atoms with van der Waals surface area (Å²) >= 11 is 0. The van der Waals surface area contributed by atoms with Crippen molar-refractivity contribution < 1.29 is 4.74 Å². The lowest BCUT2D eigenvalue weighted by atomic mass is 10.1. The van der Waals surface area contributed by atoms with E-state index in [-0.39, 0.29) is 0 Å². The van der Waals surface area contributed by atoms with Gasteiger partial charge in [0, 0.05) is 24.0 Å². The molecule has 1 fully saturated rings. The van der Waals surface area contributed by atoms with Crippen LogP contribution in [0.4, 0.5) is 0 Å². The SMILES string of the molecule is CC(C)NCc1cc(OCC2CC2)c2ccccc2n1. The first-order valence-electron chi connectivity index (χ1n) is 7.47. The van der Waals surface area contributed by atoms with Gasteiger partial charge in [0.2, 0.25) is 0 Å². The van der Waals surface area contributed by atoms with Crippen LogP contribution >= 0.6 is 0 Å². The van der Waals surface area contributed by atoms with Crippen LogP contribution in [0, 0.1) is 5.92 Å². The molecule has 3 rings (SSSR count). The number of benzene rings is 1. The molecule has 0 saturated heterocycles. The van der Waals surface area contributed by atoms with Gasteiger partial charge in [-0.05, 0) is 30.9 Å². The summed E-state index contributed by atoms with van der Waals surface area (Å²) in [5.41, 5.74) is 2.06. The standard InChI is InChI=1S/C17H22N2O/c1-12(2)18-10-14-9-17(20-11-13-7-8-13)15-5-3-4-6-16(15)19-14/h3-6,9,12-13,18H,7-8,10-11H2,1-2H3. The van der Waals surface area contributed by atoms with Crippen molar-refractivity contribution in [1.82, 2.24) is 10.3 Å². The number of pyridine rings is 1. The van der Waals surface area contributed by atoms with E-state index in [1.54, 1.807) is 0 Å². The van der Waals surface area contributed by atoms with Crippen LogP contribution in [0.15, 0.2) is 30.3 Å². The third-order valence-corrected chi connectivity index (χ3v) is 3.59. The van der Waals surface area contributed by atoms with Gasteiger partial charge in [-0.2, -0.15) is 0 Å². The molecule has 0 radical (unpaired) electrons. The van der Waals surface area contributed by atoms with Crippen LogP contribution < -0.4 is 10.1 Å². The highest BCUT2D eigenvalue weighted by Gasteiger charge is 2.22. The third kappa shape index (κ3) is 3.28. The summed E-state index contributed by atoms with van der Waals surface area (Å²) in [7, 11) is 0. The van der Waals surface area contributed by atoms with E-state index in [0.29, 0.717) is 6.04 Å². The van der Waals surface area contributed by atoms with Gasteiger partial charge in [0.05, 0.1) is 17.8 Å². The van der Waals surface area contributed by atoms with Crippen LogP contribution in [-0.2, 0) is 6.54 Å². The van der Waals surface area contributed by atoms with Gasteiger partial charge in [-0.1, -0.05) is 26.0 Å². The van der Waals surface area contributed by atoms with Gasteiger partial charge >= 0.3 is 0 Å². The number of hydrogen-bond acceptors (Lipinski definition) is 3. The smallest absolute Gasteiger partial charge is 0.130 e. The van der Waals surface area contributed by atoms with E-state index in [0.717, 1.165) is 41.4 Å². The minimum Gasteiger partial charge on any atom is -0.493 e. The van der Waals surface area contributed by atoms with E-state index >= 15 is 0 Å². The molecule has 0 spiro atoms. The van der Waals surface area contributed by atoms with E-state index in [1.165, 1.54) is 12.8 Å². The molecule has 1 aromatic heterocycles. The molecule has 0 bridgehead atoms. The number of nitrogens with zero attached hydrogens (tertiary/aromatic N) is 1. The lowest BCUT2D eigenvalue weighted by Gasteiger charge is -2.12. The van der Waals surface area contributed by atoms with Gasteiger partial charge in [0.1, 0.15) is 5.75 Å². The highest BCUT2D eigenvalue weighted by atomic mass is 16.5. The molecule has 0 unspecified atom stereocenters. The van der Waals surface area contributed by atoms with Crippen LogP contribution in [0.1, 0.15) is 32.4 Å². The minimum absolute atomic E-state index is 0.458. The molecule has 2 aromatic rings. The average molecular weight is 270 g/mol. The Balaban J connectivity index is 1.87. The van der Waals surface area contributed by atoms with Crippen molar-refractivity contribution >= 4 is 10.9 Å². The van der Waals surface area contributed by atoms with Gasteiger partial charge in [-0.25, -0.2) is 0 Å². The number of ether oxygens (including phenoxy) is 1. The Morgan fingerprint density at radius 3 is 2.85 bits per heavy atom. The number of nitrogens with one attached hydrogen (secondary N) is 1. The molecule has 1 aliphatic carbocycles. The third-order valence-electron chi connectivity index (χ3n) is 3.59. The fourth-order valence-electron chi connectivity index (χ4n) is 2.21. The molecule has 3 heteroatoms. The maximum Gasteiger partial charge on any atom is 0.130 e. The number of fused-ring (bicyclic) bond motifs is 1. The van der Waals surface area contributed by atoms with E-state index in [2.05, 4.69) is 37.4 Å². The van der Waals surface area contributed by atoms with Gasteiger partial charge in [0.25, 0.3) is 0 Å². The second-order valence-corrected chi connectivity index (χ2v) is 5.92. The van der Waals surface area contributed by atoms with Gasteiger partial charge in [-0.3, -0.25) is 4.98 Å². The Kier molecular flexibility index (Phi) is 3.88. The minimum atomic E-state index is 0.458. The van der Waals surface area contributed by atoms with Crippen LogP contribution in [0.5, 0.6) is 5.75 Å². The Bertz CT molecular complexity index is 591. The van der Waals surface area contributed by atoms with Crippen molar-refractivity contribution in [2.75, 3.05) is 6.61 Å². The molecule has 106 valence electrons. The second-order valence-electron chi connectivity index (χ2n) is 5.92. The predicted octanol–water partition coefficient (Wildman–Crippen LogP) is 3.52. The molecule has 1 heterocycles. The van der Waals surface area contributed by atoms with Crippen LogP contribution in [0.25, 0.3) is 10.9 Å². The molecule has 0 atom stereocenters. The predicted molar refractivity (Wildman–Crippen MR) is 81.9 cm³/mol. The van der Waals surface area contributed by atoms with Crippen LogP contribution in [0.3, 0.4) is 0 Å². The molecule has 20 heavy (non-hydrogen) atoms. The summed E-state index contributed by atoms with van der Waals surface area (Å²) in [5.74, 6) is 1.74. The zero-order valence-electron chi connectivity index (χ0n) is 12.2. The molecule has 3 nitrogen and oxygen atoms in total. The summed E-state index contributed by atoms with van der Waals surface area (Å²) in [4.78, 5) is 4.71. The Morgan fingerprint density at radius 1 is 1.30 bits per heavy atom. The lowest BCUT2D eigenvalue weighted by Crippen LogP contribution is -2.22. The van der Waals surface area contributed by atoms with E-state index in [4.69, 9.17) is 9.72 Å². The highest BCUT2D eigenvalue weighted by molar-refractivity contribution is 5.85. The summed E-state index contributed by atoms with van der Waals surface area (Å²) < 4.78 is 6.02. The van der Waals surface area contributed by atoms with Crippen LogP contribution in [-0.4, -0.2) is 17.6 Å². The zero-order valence-corrected chi connectivity index (χ0v) is 12.2. The monoisotopic (exact) mass is 270 g/mol. The van der Waals surface area contributed by atoms with E-state index in [1.807, 2.05) is 12.1 Å². The molecule has 1 aromatic carbocycles. The first kappa shape index (κ1) is 13.4. The van der Waals surface area contributed by atoms with Crippen molar-refractivity contribution in [3.63, 3.8) is 0 Å². The summed E-state index contributed by atoms with van der Waals surface area (Å²) in [6.07, 6.45) is 2.62. The molecule has 1 saturated carbocycles. The Morgan fingerprint density at radius 2 is 2.10 bits per heavy atom. The summed E-state index contributed by atoms with van der Waals surface area (Å²) in [6.45, 7) is 5.91. The topological polar surface area (TPSA) is 34.1 Å². The van der Waals surface area contributed by atoms with Gasteiger partial charge in [-0.15, -0.1) is 0 Å². The maximum absolute atomic E-state index is 6.02. The number of para-hydroxylation sites is 1.